The summed E-state index contributed by atoms with van der Waals surface area (Å²) in [5.41, 5.74) is 9.31. The van der Waals surface area contributed by atoms with Crippen molar-refractivity contribution >= 4 is 11.4 Å². The van der Waals surface area contributed by atoms with Crippen LogP contribution >= 0.6 is 0 Å². The van der Waals surface area contributed by atoms with E-state index >= 15 is 0 Å². The summed E-state index contributed by atoms with van der Waals surface area (Å²) in [5.74, 6) is 0. The first-order chi connectivity index (χ1) is 20.5. The van der Waals surface area contributed by atoms with Crippen LogP contribution in [0.15, 0.2) is 60.7 Å². The highest BCUT2D eigenvalue weighted by Gasteiger charge is 2.13. The molecule has 0 atom stereocenters. The predicted molar refractivity (Wildman–Crippen MR) is 166 cm³/mol. The largest absolute Gasteiger partial charge is 0.254 e. The smallest absolute Gasteiger partial charge is 0.197 e. The summed E-state index contributed by atoms with van der Waals surface area (Å²) in [6.45, 7) is 19.2. The molecule has 2 aromatic heterocycles. The Morgan fingerprint density at radius 1 is 0.667 bits per heavy atom. The lowest BCUT2D eigenvalue weighted by molar-refractivity contribution is 0.710. The van der Waals surface area contributed by atoms with Crippen molar-refractivity contribution in [3.8, 4) is 34.7 Å². The molecule has 0 saturated carbocycles. The van der Waals surface area contributed by atoms with Crippen LogP contribution in [0.1, 0.15) is 73.2 Å². The lowest BCUT2D eigenvalue weighted by Crippen LogP contribution is -2.00. The molecule has 0 amide bonds. The Morgan fingerprint density at radius 3 is 1.79 bits per heavy atom. The highest BCUT2D eigenvalue weighted by Crippen LogP contribution is 2.32. The molecule has 2 aromatic carbocycles. The van der Waals surface area contributed by atoms with Crippen LogP contribution in [0.3, 0.4) is 0 Å². The van der Waals surface area contributed by atoms with Gasteiger partial charge >= 0.3 is 0 Å². The van der Waals surface area contributed by atoms with Crippen LogP contribution in [-0.4, -0.2) is 9.97 Å². The van der Waals surface area contributed by atoms with Crippen molar-refractivity contribution in [2.45, 2.75) is 65.2 Å². The van der Waals surface area contributed by atoms with Crippen molar-refractivity contribution < 1.29 is 0 Å². The van der Waals surface area contributed by atoms with Gasteiger partial charge in [-0.3, -0.25) is 9.97 Å². The minimum absolute atomic E-state index is 0.443. The number of pyridine rings is 2. The van der Waals surface area contributed by atoms with Gasteiger partial charge in [0.15, 0.2) is 11.4 Å². The second-order valence-electron chi connectivity index (χ2n) is 10.3. The standard InChI is InChI=1S/C36H32N6/c1-5-9-25-17-30(41-35(19-25)32-16-14-29(39-3)22-28(32)24-38)11-7-8-12-31-18-26(10-6-2)20-36(42-31)33-15-13-27(23-37)21-34(33)40-4/h13-22H,5-12H2,1-2H3. The number of aromatic nitrogens is 2. The molecule has 4 rings (SSSR count). The van der Waals surface area contributed by atoms with E-state index < -0.39 is 0 Å². The average Bonchev–Trinajstić information content (AvgIpc) is 3.02. The number of hydrogen-bond donors (Lipinski definition) is 0. The summed E-state index contributed by atoms with van der Waals surface area (Å²) in [6, 6.07) is 23.2. The van der Waals surface area contributed by atoms with Crippen LogP contribution in [0, 0.1) is 35.8 Å². The fourth-order valence-electron chi connectivity index (χ4n) is 5.14. The van der Waals surface area contributed by atoms with Crippen LogP contribution in [0.5, 0.6) is 0 Å². The molecule has 206 valence electrons. The van der Waals surface area contributed by atoms with E-state index in [1.807, 2.05) is 12.1 Å². The monoisotopic (exact) mass is 548 g/mol. The van der Waals surface area contributed by atoms with Gasteiger partial charge in [0, 0.05) is 28.1 Å². The average molecular weight is 549 g/mol. The van der Waals surface area contributed by atoms with Crippen LogP contribution < -0.4 is 0 Å². The molecule has 0 unspecified atom stereocenters. The molecule has 4 aromatic rings. The van der Waals surface area contributed by atoms with E-state index in [2.05, 4.69) is 59.9 Å². The molecule has 0 aliphatic rings. The van der Waals surface area contributed by atoms with Crippen molar-refractivity contribution in [3.63, 3.8) is 0 Å². The van der Waals surface area contributed by atoms with Gasteiger partial charge in [0.05, 0.1) is 42.2 Å². The Kier molecular flexibility index (Phi) is 10.2. The van der Waals surface area contributed by atoms with E-state index in [1.54, 1.807) is 24.3 Å². The van der Waals surface area contributed by atoms with E-state index in [1.165, 1.54) is 11.1 Å². The summed E-state index contributed by atoms with van der Waals surface area (Å²) in [6.07, 6.45) is 7.39. The first kappa shape index (κ1) is 29.7. The van der Waals surface area contributed by atoms with Gasteiger partial charge < -0.3 is 0 Å². The van der Waals surface area contributed by atoms with Crippen molar-refractivity contribution in [3.05, 3.63) is 117 Å². The van der Waals surface area contributed by atoms with E-state index in [4.69, 9.17) is 23.1 Å². The van der Waals surface area contributed by atoms with Gasteiger partial charge in [-0.05, 0) is 92.1 Å². The zero-order valence-electron chi connectivity index (χ0n) is 24.1. The number of nitriles is 2. The minimum Gasteiger partial charge on any atom is -0.254 e. The number of rotatable bonds is 11. The lowest BCUT2D eigenvalue weighted by atomic mass is 9.99. The zero-order chi connectivity index (χ0) is 29.9. The fraction of sp³-hybridized carbons (Fsp3) is 0.278. The summed E-state index contributed by atoms with van der Waals surface area (Å²) in [7, 11) is 0. The topological polar surface area (TPSA) is 82.1 Å². The first-order valence-electron chi connectivity index (χ1n) is 14.3. The molecule has 6 nitrogen and oxygen atoms in total. The molecule has 0 fully saturated rings. The van der Waals surface area contributed by atoms with Crippen LogP contribution in [0.25, 0.3) is 32.2 Å². The molecule has 0 radical (unpaired) electrons. The maximum atomic E-state index is 9.71. The van der Waals surface area contributed by atoms with Gasteiger partial charge in [-0.15, -0.1) is 0 Å². The summed E-state index contributed by atoms with van der Waals surface area (Å²) >= 11 is 0. The van der Waals surface area contributed by atoms with Crippen molar-refractivity contribution in [1.29, 1.82) is 10.5 Å². The summed E-state index contributed by atoms with van der Waals surface area (Å²) < 4.78 is 0. The highest BCUT2D eigenvalue weighted by atomic mass is 14.7. The van der Waals surface area contributed by atoms with Crippen molar-refractivity contribution in [2.24, 2.45) is 0 Å². The third kappa shape index (κ3) is 7.26. The number of unbranched alkanes of at least 4 members (excludes halogenated alkanes) is 1. The van der Waals surface area contributed by atoms with Gasteiger partial charge in [-0.25, -0.2) is 9.69 Å². The molecule has 6 heteroatoms. The van der Waals surface area contributed by atoms with Crippen LogP contribution in [0.4, 0.5) is 11.4 Å². The zero-order valence-corrected chi connectivity index (χ0v) is 24.1. The predicted octanol–water partition coefficient (Wildman–Crippen LogP) is 9.13. The quantitative estimate of drug-likeness (QED) is 0.138. The first-order valence-corrected chi connectivity index (χ1v) is 14.3. The van der Waals surface area contributed by atoms with Gasteiger partial charge in [0.2, 0.25) is 0 Å². The van der Waals surface area contributed by atoms with E-state index in [0.717, 1.165) is 85.3 Å². The summed E-state index contributed by atoms with van der Waals surface area (Å²) in [5, 5.41) is 19.0. The molecule has 0 aliphatic heterocycles. The molecule has 0 aliphatic carbocycles. The van der Waals surface area contributed by atoms with Gasteiger partial charge in [-0.2, -0.15) is 10.5 Å². The molecular weight excluding hydrogens is 516 g/mol. The van der Waals surface area contributed by atoms with E-state index in [9.17, 15) is 10.5 Å². The number of aryl methyl sites for hydroxylation is 4. The maximum absolute atomic E-state index is 9.71. The SMILES string of the molecule is [C-]#[N+]c1ccc(-c2cc(CCC)cc(CCCCc3cc(CCC)cc(-c4ccc(C#N)cc4[N+]#[C-])n3)n2)c(C#N)c1. The molecule has 42 heavy (non-hydrogen) atoms. The molecule has 2 heterocycles. The Labute approximate surface area is 248 Å². The number of benzene rings is 2. The molecular formula is C36H32N6. The Bertz CT molecular complexity index is 1630. The molecule has 0 N–H and O–H groups in total. The fourth-order valence-corrected chi connectivity index (χ4v) is 5.14. The van der Waals surface area contributed by atoms with E-state index in [0.29, 0.717) is 22.5 Å². The van der Waals surface area contributed by atoms with Crippen molar-refractivity contribution in [1.82, 2.24) is 9.97 Å². The highest BCUT2D eigenvalue weighted by molar-refractivity contribution is 5.78. The molecule has 0 bridgehead atoms. The minimum atomic E-state index is 0.443. The normalized spacial score (nSPS) is 10.3. The van der Waals surface area contributed by atoms with Crippen molar-refractivity contribution in [2.75, 3.05) is 0 Å². The Balaban J connectivity index is 1.53. The second-order valence-corrected chi connectivity index (χ2v) is 10.3. The van der Waals surface area contributed by atoms with Crippen LogP contribution in [0.2, 0.25) is 0 Å². The van der Waals surface area contributed by atoms with Gasteiger partial charge in [0.1, 0.15) is 0 Å². The van der Waals surface area contributed by atoms with Gasteiger partial charge in [-0.1, -0.05) is 44.9 Å². The Morgan fingerprint density at radius 2 is 1.26 bits per heavy atom. The number of nitrogens with zero attached hydrogens (tertiary/aromatic N) is 6. The molecule has 0 spiro atoms. The number of hydrogen-bond acceptors (Lipinski definition) is 4. The summed E-state index contributed by atoms with van der Waals surface area (Å²) in [4.78, 5) is 17.0. The molecule has 0 saturated heterocycles. The second kappa shape index (κ2) is 14.4. The van der Waals surface area contributed by atoms with Gasteiger partial charge in [0.25, 0.3) is 0 Å². The maximum Gasteiger partial charge on any atom is 0.197 e. The lowest BCUT2D eigenvalue weighted by Gasteiger charge is -2.12. The third-order valence-electron chi connectivity index (χ3n) is 7.12. The Hall–Kier alpha value is -5.30. The third-order valence-corrected chi connectivity index (χ3v) is 7.12. The van der Waals surface area contributed by atoms with E-state index in [-0.39, 0.29) is 0 Å². The van der Waals surface area contributed by atoms with Crippen LogP contribution in [-0.2, 0) is 25.7 Å².